The Balaban J connectivity index is 0.00000192. The molecule has 0 aromatic heterocycles. The maximum absolute atomic E-state index is 5.90. The van der Waals surface area contributed by atoms with Crippen molar-refractivity contribution in [3.05, 3.63) is 0 Å². The van der Waals surface area contributed by atoms with Gasteiger partial charge in [-0.05, 0) is 39.2 Å². The van der Waals surface area contributed by atoms with Crippen LogP contribution in [-0.2, 0) is 4.74 Å². The quantitative estimate of drug-likeness (QED) is 0.395. The Labute approximate surface area is 158 Å². The van der Waals surface area contributed by atoms with Crippen molar-refractivity contribution in [2.75, 3.05) is 27.2 Å². The highest BCUT2D eigenvalue weighted by molar-refractivity contribution is 14.0. The van der Waals surface area contributed by atoms with Gasteiger partial charge >= 0.3 is 0 Å². The predicted molar refractivity (Wildman–Crippen MR) is 106 cm³/mol. The number of nitrogens with one attached hydrogen (secondary N) is 2. The number of likely N-dealkylation sites (N-methyl/N-ethyl adjacent to an activating group) is 1. The second-order valence-corrected chi connectivity index (χ2v) is 7.13. The van der Waals surface area contributed by atoms with E-state index in [-0.39, 0.29) is 24.0 Å². The summed E-state index contributed by atoms with van der Waals surface area (Å²) in [4.78, 5) is 6.88. The molecule has 5 nitrogen and oxygen atoms in total. The number of nitrogens with zero attached hydrogens (tertiary/aromatic N) is 2. The van der Waals surface area contributed by atoms with Gasteiger partial charge in [0.05, 0.1) is 18.2 Å². The summed E-state index contributed by atoms with van der Waals surface area (Å²) in [6.07, 6.45) is 11.4. The van der Waals surface area contributed by atoms with Gasteiger partial charge in [-0.25, -0.2) is 0 Å². The smallest absolute Gasteiger partial charge is 0.191 e. The van der Waals surface area contributed by atoms with E-state index in [1.165, 1.54) is 44.9 Å². The van der Waals surface area contributed by atoms with Crippen LogP contribution in [0.1, 0.15) is 51.4 Å². The van der Waals surface area contributed by atoms with Gasteiger partial charge in [0.1, 0.15) is 0 Å². The number of halogens is 1. The maximum atomic E-state index is 5.90. The first-order chi connectivity index (χ1) is 10.8. The molecule has 2 N–H and O–H groups in total. The number of rotatable bonds is 5. The Hall–Kier alpha value is -0.0800. The van der Waals surface area contributed by atoms with E-state index in [0.717, 1.165) is 31.5 Å². The molecule has 0 radical (unpaired) electrons. The molecule has 0 aromatic carbocycles. The standard InChI is InChI=1S/C17H32N4O.HI/c1-18-17(20-15-12-14-8-9-16(15)22-14)19-10-11-21(2)13-6-4-3-5-7-13;/h13-16H,3-12H2,1-2H3,(H2,18,19,20);1H. The van der Waals surface area contributed by atoms with Crippen LogP contribution in [0.2, 0.25) is 0 Å². The molecule has 0 spiro atoms. The van der Waals surface area contributed by atoms with Crippen molar-refractivity contribution in [3.8, 4) is 0 Å². The molecule has 3 rings (SSSR count). The maximum Gasteiger partial charge on any atom is 0.191 e. The Kier molecular flexibility index (Phi) is 7.88. The van der Waals surface area contributed by atoms with Crippen molar-refractivity contribution in [1.82, 2.24) is 15.5 Å². The number of ether oxygens (including phenoxy) is 1. The van der Waals surface area contributed by atoms with Crippen LogP contribution in [0.4, 0.5) is 0 Å². The Bertz CT molecular complexity index is 387. The van der Waals surface area contributed by atoms with Gasteiger partial charge in [0.25, 0.3) is 0 Å². The monoisotopic (exact) mass is 436 g/mol. The topological polar surface area (TPSA) is 48.9 Å². The highest BCUT2D eigenvalue weighted by Crippen LogP contribution is 2.34. The molecule has 3 aliphatic rings. The summed E-state index contributed by atoms with van der Waals surface area (Å²) in [5.41, 5.74) is 0. The minimum atomic E-state index is 0. The Morgan fingerprint density at radius 2 is 1.96 bits per heavy atom. The van der Waals surface area contributed by atoms with E-state index in [1.54, 1.807) is 0 Å². The fourth-order valence-corrected chi connectivity index (χ4v) is 4.22. The van der Waals surface area contributed by atoms with Crippen LogP contribution in [0.3, 0.4) is 0 Å². The molecule has 1 aliphatic carbocycles. The lowest BCUT2D eigenvalue weighted by atomic mass is 9.94. The molecule has 2 heterocycles. The lowest BCUT2D eigenvalue weighted by Crippen LogP contribution is -2.49. The van der Waals surface area contributed by atoms with Crippen molar-refractivity contribution in [2.24, 2.45) is 4.99 Å². The molecule has 1 saturated carbocycles. The van der Waals surface area contributed by atoms with E-state index in [9.17, 15) is 0 Å². The molecule has 0 aromatic rings. The molecule has 3 unspecified atom stereocenters. The summed E-state index contributed by atoms with van der Waals surface area (Å²) in [5, 5.41) is 7.01. The van der Waals surface area contributed by atoms with Gasteiger partial charge < -0.3 is 20.3 Å². The molecule has 134 valence electrons. The third-order valence-corrected chi connectivity index (χ3v) is 5.61. The minimum Gasteiger partial charge on any atom is -0.373 e. The van der Waals surface area contributed by atoms with E-state index in [0.29, 0.717) is 18.2 Å². The van der Waals surface area contributed by atoms with E-state index >= 15 is 0 Å². The second kappa shape index (κ2) is 9.42. The molecule has 6 heteroatoms. The van der Waals surface area contributed by atoms with Gasteiger partial charge in [0, 0.05) is 26.2 Å². The van der Waals surface area contributed by atoms with Crippen molar-refractivity contribution < 1.29 is 4.74 Å². The highest BCUT2D eigenvalue weighted by atomic mass is 127. The zero-order chi connectivity index (χ0) is 15.4. The third kappa shape index (κ3) is 5.19. The molecule has 23 heavy (non-hydrogen) atoms. The van der Waals surface area contributed by atoms with Gasteiger partial charge in [-0.1, -0.05) is 19.3 Å². The van der Waals surface area contributed by atoms with Gasteiger partial charge in [0.2, 0.25) is 0 Å². The molecule has 0 amide bonds. The summed E-state index contributed by atoms with van der Waals surface area (Å²) in [5.74, 6) is 0.929. The lowest BCUT2D eigenvalue weighted by molar-refractivity contribution is 0.0992. The first-order valence-electron chi connectivity index (χ1n) is 9.09. The van der Waals surface area contributed by atoms with E-state index in [4.69, 9.17) is 4.74 Å². The van der Waals surface area contributed by atoms with Gasteiger partial charge in [-0.3, -0.25) is 4.99 Å². The van der Waals surface area contributed by atoms with Crippen molar-refractivity contribution in [1.29, 1.82) is 0 Å². The number of hydrogen-bond acceptors (Lipinski definition) is 3. The predicted octanol–water partition coefficient (Wildman–Crippen LogP) is 2.35. The van der Waals surface area contributed by atoms with Crippen LogP contribution in [0.5, 0.6) is 0 Å². The third-order valence-electron chi connectivity index (χ3n) is 5.61. The lowest BCUT2D eigenvalue weighted by Gasteiger charge is -2.31. The molecule has 2 saturated heterocycles. The van der Waals surface area contributed by atoms with E-state index in [1.807, 2.05) is 7.05 Å². The zero-order valence-electron chi connectivity index (χ0n) is 14.6. The number of aliphatic imine (C=N–C) groups is 1. The summed E-state index contributed by atoms with van der Waals surface area (Å²) in [7, 11) is 4.12. The average molecular weight is 436 g/mol. The van der Waals surface area contributed by atoms with Gasteiger partial charge in [0.15, 0.2) is 5.96 Å². The van der Waals surface area contributed by atoms with E-state index in [2.05, 4.69) is 27.6 Å². The molecule has 2 aliphatic heterocycles. The first-order valence-corrected chi connectivity index (χ1v) is 9.09. The Morgan fingerprint density at radius 3 is 2.57 bits per heavy atom. The van der Waals surface area contributed by atoms with Crippen LogP contribution < -0.4 is 10.6 Å². The molecular formula is C17H33IN4O. The summed E-state index contributed by atoms with van der Waals surface area (Å²) < 4.78 is 5.90. The van der Waals surface area contributed by atoms with Crippen LogP contribution in [0, 0.1) is 0 Å². The number of guanidine groups is 1. The van der Waals surface area contributed by atoms with E-state index < -0.39 is 0 Å². The van der Waals surface area contributed by atoms with Crippen molar-refractivity contribution >= 4 is 29.9 Å². The normalized spacial score (nSPS) is 31.3. The fourth-order valence-electron chi connectivity index (χ4n) is 4.22. The average Bonchev–Trinajstić information content (AvgIpc) is 3.17. The van der Waals surface area contributed by atoms with Gasteiger partial charge in [-0.2, -0.15) is 0 Å². The molecular weight excluding hydrogens is 403 g/mol. The molecule has 3 fully saturated rings. The summed E-state index contributed by atoms with van der Waals surface area (Å²) in [6, 6.07) is 1.23. The van der Waals surface area contributed by atoms with Crippen molar-refractivity contribution in [3.63, 3.8) is 0 Å². The first kappa shape index (κ1) is 19.2. The van der Waals surface area contributed by atoms with Crippen LogP contribution in [0.15, 0.2) is 4.99 Å². The van der Waals surface area contributed by atoms with Crippen LogP contribution in [0.25, 0.3) is 0 Å². The second-order valence-electron chi connectivity index (χ2n) is 7.13. The number of fused-ring (bicyclic) bond motifs is 2. The molecule has 2 bridgehead atoms. The minimum absolute atomic E-state index is 0. The largest absolute Gasteiger partial charge is 0.373 e. The fraction of sp³-hybridized carbons (Fsp3) is 0.941. The SMILES string of the molecule is CN=C(NCCN(C)C1CCCCC1)NC1CC2CCC1O2.I. The van der Waals surface area contributed by atoms with Crippen molar-refractivity contribution in [2.45, 2.75) is 75.7 Å². The summed E-state index contributed by atoms with van der Waals surface area (Å²) in [6.45, 7) is 2.03. The summed E-state index contributed by atoms with van der Waals surface area (Å²) >= 11 is 0. The highest BCUT2D eigenvalue weighted by Gasteiger charge is 2.41. The van der Waals surface area contributed by atoms with Gasteiger partial charge in [-0.15, -0.1) is 24.0 Å². The zero-order valence-corrected chi connectivity index (χ0v) is 16.9. The molecule has 3 atom stereocenters. The van der Waals surface area contributed by atoms with Crippen LogP contribution in [-0.4, -0.2) is 62.3 Å². The van der Waals surface area contributed by atoms with Crippen LogP contribution >= 0.6 is 24.0 Å². The Morgan fingerprint density at radius 1 is 1.17 bits per heavy atom. The number of hydrogen-bond donors (Lipinski definition) is 2.